The maximum atomic E-state index is 4.60. The number of likely N-dealkylation sites (tertiary alicyclic amines) is 1. The van der Waals surface area contributed by atoms with Gasteiger partial charge in [0.1, 0.15) is 5.82 Å². The van der Waals surface area contributed by atoms with Crippen molar-refractivity contribution in [3.05, 3.63) is 12.3 Å². The second-order valence-electron chi connectivity index (χ2n) is 6.30. The van der Waals surface area contributed by atoms with Gasteiger partial charge in [0.15, 0.2) is 0 Å². The molecule has 0 spiro atoms. The second-order valence-corrected chi connectivity index (χ2v) is 6.30. The number of nitrogens with zero attached hydrogens (tertiary/aromatic N) is 4. The zero-order valence-corrected chi connectivity index (χ0v) is 16.2. The first-order valence-electron chi connectivity index (χ1n) is 9.37. The average molecular weight is 356 g/mol. The fourth-order valence-electron chi connectivity index (χ4n) is 3.18. The number of rotatable bonds is 10. The van der Waals surface area contributed by atoms with Gasteiger partial charge in [0.05, 0.1) is 0 Å². The van der Waals surface area contributed by atoms with Crippen LogP contribution in [0.15, 0.2) is 12.3 Å². The van der Waals surface area contributed by atoms with Gasteiger partial charge < -0.3 is 15.1 Å². The highest BCUT2D eigenvalue weighted by Gasteiger charge is 2.09. The minimum absolute atomic E-state index is 0. The van der Waals surface area contributed by atoms with Crippen LogP contribution in [0.4, 0.5) is 11.8 Å². The lowest BCUT2D eigenvalue weighted by molar-refractivity contribution is 0.224. The molecule has 1 aliphatic heterocycles. The van der Waals surface area contributed by atoms with E-state index >= 15 is 0 Å². The molecule has 0 saturated carbocycles. The van der Waals surface area contributed by atoms with Crippen molar-refractivity contribution in [1.29, 1.82) is 0 Å². The number of hydrogen-bond acceptors (Lipinski definition) is 5. The van der Waals surface area contributed by atoms with E-state index in [1.54, 1.807) is 0 Å². The molecule has 0 amide bonds. The van der Waals surface area contributed by atoms with E-state index in [-0.39, 0.29) is 12.4 Å². The summed E-state index contributed by atoms with van der Waals surface area (Å²) in [5.74, 6) is 1.77. The van der Waals surface area contributed by atoms with Crippen molar-refractivity contribution < 1.29 is 0 Å². The number of aromatic nitrogens is 2. The van der Waals surface area contributed by atoms with Crippen molar-refractivity contribution >= 4 is 24.2 Å². The molecule has 1 aromatic rings. The van der Waals surface area contributed by atoms with Crippen LogP contribution in [-0.2, 0) is 0 Å². The summed E-state index contributed by atoms with van der Waals surface area (Å²) in [5, 5.41) is 3.36. The highest BCUT2D eigenvalue weighted by molar-refractivity contribution is 5.85. The molecule has 0 unspecified atom stereocenters. The number of halogens is 1. The first kappa shape index (κ1) is 21.0. The van der Waals surface area contributed by atoms with Crippen LogP contribution >= 0.6 is 12.4 Å². The lowest BCUT2D eigenvalue weighted by Gasteiger charge is -2.26. The standard InChI is InChI=1S/C18H33N5.ClH/c1-3-23(4-2)17-11-13-20-18(21-17)19-12-7-5-8-14-22-15-9-6-10-16-22;/h11,13H,3-10,12,14-16H2,1-2H3,(H,19,20,21);1H. The monoisotopic (exact) mass is 355 g/mol. The van der Waals surface area contributed by atoms with Crippen LogP contribution in [0.5, 0.6) is 0 Å². The SMILES string of the molecule is CCN(CC)c1ccnc(NCCCCCN2CCCCC2)n1.Cl. The third-order valence-corrected chi connectivity index (χ3v) is 4.61. The molecule has 24 heavy (non-hydrogen) atoms. The van der Waals surface area contributed by atoms with Gasteiger partial charge >= 0.3 is 0 Å². The van der Waals surface area contributed by atoms with Crippen molar-refractivity contribution in [1.82, 2.24) is 14.9 Å². The highest BCUT2D eigenvalue weighted by Crippen LogP contribution is 2.12. The molecule has 1 aromatic heterocycles. The van der Waals surface area contributed by atoms with Crippen LogP contribution in [0, 0.1) is 0 Å². The number of anilines is 2. The number of hydrogen-bond donors (Lipinski definition) is 1. The smallest absolute Gasteiger partial charge is 0.224 e. The third kappa shape index (κ3) is 7.22. The second kappa shape index (κ2) is 12.3. The maximum Gasteiger partial charge on any atom is 0.224 e. The fourth-order valence-corrected chi connectivity index (χ4v) is 3.18. The van der Waals surface area contributed by atoms with E-state index in [4.69, 9.17) is 0 Å². The Labute approximate surface area is 153 Å². The summed E-state index contributed by atoms with van der Waals surface area (Å²) >= 11 is 0. The zero-order valence-electron chi connectivity index (χ0n) is 15.3. The fraction of sp³-hybridized carbons (Fsp3) is 0.778. The van der Waals surface area contributed by atoms with Gasteiger partial charge in [-0.25, -0.2) is 4.98 Å². The first-order chi connectivity index (χ1) is 11.3. The topological polar surface area (TPSA) is 44.3 Å². The van der Waals surface area contributed by atoms with Crippen molar-refractivity contribution in [3.8, 4) is 0 Å². The summed E-state index contributed by atoms with van der Waals surface area (Å²) in [4.78, 5) is 13.8. The molecular formula is C18H34ClN5. The van der Waals surface area contributed by atoms with E-state index in [2.05, 4.69) is 38.9 Å². The van der Waals surface area contributed by atoms with Crippen molar-refractivity contribution in [3.63, 3.8) is 0 Å². The molecule has 0 aliphatic carbocycles. The molecule has 138 valence electrons. The predicted octanol–water partition coefficient (Wildman–Crippen LogP) is 3.81. The minimum atomic E-state index is 0. The quantitative estimate of drug-likeness (QED) is 0.646. The van der Waals surface area contributed by atoms with Crippen molar-refractivity contribution in [2.75, 3.05) is 49.5 Å². The molecule has 6 heteroatoms. The molecule has 2 rings (SSSR count). The molecule has 5 nitrogen and oxygen atoms in total. The molecule has 0 bridgehead atoms. The van der Waals surface area contributed by atoms with Crippen LogP contribution < -0.4 is 10.2 Å². The summed E-state index contributed by atoms with van der Waals surface area (Å²) in [5.41, 5.74) is 0. The van der Waals surface area contributed by atoms with Gasteiger partial charge in [-0.05, 0) is 65.2 Å². The van der Waals surface area contributed by atoms with E-state index in [1.165, 1.54) is 58.2 Å². The highest BCUT2D eigenvalue weighted by atomic mass is 35.5. The van der Waals surface area contributed by atoms with Crippen LogP contribution in [0.2, 0.25) is 0 Å². The normalized spacial score (nSPS) is 14.9. The molecule has 0 aromatic carbocycles. The predicted molar refractivity (Wildman–Crippen MR) is 105 cm³/mol. The molecule has 2 heterocycles. The van der Waals surface area contributed by atoms with Crippen molar-refractivity contribution in [2.24, 2.45) is 0 Å². The molecule has 1 aliphatic rings. The summed E-state index contributed by atoms with van der Waals surface area (Å²) in [6, 6.07) is 1.98. The molecule has 1 saturated heterocycles. The van der Waals surface area contributed by atoms with E-state index in [0.717, 1.165) is 31.4 Å². The number of unbranched alkanes of at least 4 members (excludes halogenated alkanes) is 2. The third-order valence-electron chi connectivity index (χ3n) is 4.61. The van der Waals surface area contributed by atoms with E-state index < -0.39 is 0 Å². The average Bonchev–Trinajstić information content (AvgIpc) is 2.60. The Balaban J connectivity index is 0.00000288. The largest absolute Gasteiger partial charge is 0.357 e. The molecule has 0 radical (unpaired) electrons. The summed E-state index contributed by atoms with van der Waals surface area (Å²) in [6.07, 6.45) is 9.82. The molecule has 1 fully saturated rings. The van der Waals surface area contributed by atoms with E-state index in [9.17, 15) is 0 Å². The lowest BCUT2D eigenvalue weighted by Crippen LogP contribution is -2.30. The van der Waals surface area contributed by atoms with Crippen LogP contribution in [0.1, 0.15) is 52.4 Å². The van der Waals surface area contributed by atoms with Crippen LogP contribution in [0.3, 0.4) is 0 Å². The van der Waals surface area contributed by atoms with Gasteiger partial charge in [0.2, 0.25) is 5.95 Å². The Morgan fingerprint density at radius 1 is 1.08 bits per heavy atom. The van der Waals surface area contributed by atoms with Gasteiger partial charge in [0.25, 0.3) is 0 Å². The van der Waals surface area contributed by atoms with Crippen LogP contribution in [-0.4, -0.2) is 54.1 Å². The number of piperidine rings is 1. The van der Waals surface area contributed by atoms with E-state index in [1.807, 2.05) is 12.3 Å². The summed E-state index contributed by atoms with van der Waals surface area (Å²) < 4.78 is 0. The van der Waals surface area contributed by atoms with Gasteiger partial charge in [-0.2, -0.15) is 4.98 Å². The van der Waals surface area contributed by atoms with Crippen LogP contribution in [0.25, 0.3) is 0 Å². The van der Waals surface area contributed by atoms with E-state index in [0.29, 0.717) is 0 Å². The summed E-state index contributed by atoms with van der Waals surface area (Å²) in [7, 11) is 0. The van der Waals surface area contributed by atoms with Gasteiger partial charge in [-0.3, -0.25) is 0 Å². The van der Waals surface area contributed by atoms with Gasteiger partial charge in [-0.15, -0.1) is 12.4 Å². The van der Waals surface area contributed by atoms with Gasteiger partial charge in [-0.1, -0.05) is 12.8 Å². The zero-order chi connectivity index (χ0) is 16.3. The molecule has 0 atom stereocenters. The molecule has 1 N–H and O–H groups in total. The first-order valence-corrected chi connectivity index (χ1v) is 9.37. The lowest BCUT2D eigenvalue weighted by atomic mass is 10.1. The Bertz CT molecular complexity index is 433. The summed E-state index contributed by atoms with van der Waals surface area (Å²) in [6.45, 7) is 11.1. The Morgan fingerprint density at radius 2 is 1.83 bits per heavy atom. The Hall–Kier alpha value is -1.07. The maximum absolute atomic E-state index is 4.60. The Morgan fingerprint density at radius 3 is 2.54 bits per heavy atom. The minimum Gasteiger partial charge on any atom is -0.357 e. The van der Waals surface area contributed by atoms with Gasteiger partial charge in [0, 0.05) is 25.8 Å². The molecular weight excluding hydrogens is 322 g/mol. The Kier molecular flexibility index (Phi) is 10.8. The number of nitrogens with one attached hydrogen (secondary N) is 1. The van der Waals surface area contributed by atoms with Crippen molar-refractivity contribution in [2.45, 2.75) is 52.4 Å².